The van der Waals surface area contributed by atoms with Gasteiger partial charge in [-0.1, -0.05) is 170 Å². The smallest absolute Gasteiger partial charge is 0.0540 e. The molecule has 0 amide bonds. The summed E-state index contributed by atoms with van der Waals surface area (Å²) >= 11 is 1.88. The maximum absolute atomic E-state index is 2.39. The molecule has 254 valence electrons. The van der Waals surface area contributed by atoms with E-state index >= 15 is 0 Å². The fourth-order valence-corrected chi connectivity index (χ4v) is 9.03. The van der Waals surface area contributed by atoms with Crippen molar-refractivity contribution in [1.29, 1.82) is 0 Å². The van der Waals surface area contributed by atoms with Crippen LogP contribution in [0.25, 0.3) is 75.5 Å². The zero-order chi connectivity index (χ0) is 35.8. The number of nitrogens with zero attached hydrogens (tertiary/aromatic N) is 1. The van der Waals surface area contributed by atoms with Crippen molar-refractivity contribution in [2.75, 3.05) is 4.90 Å². The minimum absolute atomic E-state index is 1.10. The number of thiophene rings is 1. The molecule has 2 heteroatoms. The summed E-state index contributed by atoms with van der Waals surface area (Å²) in [4.78, 5) is 2.39. The van der Waals surface area contributed by atoms with E-state index in [1.807, 2.05) is 11.3 Å². The number of fused-ring (bicyclic) bond motifs is 5. The molecule has 9 aromatic carbocycles. The van der Waals surface area contributed by atoms with Gasteiger partial charge in [0.15, 0.2) is 0 Å². The van der Waals surface area contributed by atoms with Crippen LogP contribution in [0.15, 0.2) is 212 Å². The molecule has 0 fully saturated rings. The Balaban J connectivity index is 1.07. The Labute approximate surface area is 319 Å². The second-order valence-corrected chi connectivity index (χ2v) is 14.8. The van der Waals surface area contributed by atoms with E-state index < -0.39 is 0 Å². The van der Waals surface area contributed by atoms with Crippen molar-refractivity contribution in [2.24, 2.45) is 0 Å². The molecule has 0 saturated carbocycles. The molecule has 54 heavy (non-hydrogen) atoms. The molecule has 0 radical (unpaired) electrons. The number of hydrogen-bond donors (Lipinski definition) is 0. The molecule has 1 aromatic heterocycles. The first-order chi connectivity index (χ1) is 26.8. The molecule has 0 spiro atoms. The predicted molar refractivity (Wildman–Crippen MR) is 233 cm³/mol. The lowest BCUT2D eigenvalue weighted by atomic mass is 9.94. The van der Waals surface area contributed by atoms with Crippen LogP contribution in [0.1, 0.15) is 0 Å². The van der Waals surface area contributed by atoms with Crippen molar-refractivity contribution < 1.29 is 0 Å². The molecule has 10 aromatic rings. The van der Waals surface area contributed by atoms with Crippen molar-refractivity contribution in [2.45, 2.75) is 0 Å². The molecule has 1 heterocycles. The lowest BCUT2D eigenvalue weighted by molar-refractivity contribution is 1.28. The van der Waals surface area contributed by atoms with Crippen LogP contribution in [0, 0.1) is 0 Å². The first kappa shape index (κ1) is 32.0. The van der Waals surface area contributed by atoms with Crippen molar-refractivity contribution in [3.8, 4) is 44.5 Å². The van der Waals surface area contributed by atoms with Crippen molar-refractivity contribution >= 4 is 59.3 Å². The van der Waals surface area contributed by atoms with Gasteiger partial charge >= 0.3 is 0 Å². The van der Waals surface area contributed by atoms with Gasteiger partial charge in [-0.3, -0.25) is 0 Å². The van der Waals surface area contributed by atoms with E-state index in [9.17, 15) is 0 Å². The van der Waals surface area contributed by atoms with Gasteiger partial charge in [-0.25, -0.2) is 0 Å². The SMILES string of the molecule is c1ccc(-c2ccc(-c3ccc(N(c4ccc(-c5cc6sc7ccccc7c6c6ccccc56)cc4)c4ccccc4-c4ccccc4)cc3)cc2)cc1. The van der Waals surface area contributed by atoms with Crippen LogP contribution in [0.4, 0.5) is 17.1 Å². The highest BCUT2D eigenvalue weighted by Crippen LogP contribution is 2.45. The highest BCUT2D eigenvalue weighted by Gasteiger charge is 2.19. The van der Waals surface area contributed by atoms with Gasteiger partial charge in [0.05, 0.1) is 5.69 Å². The molecule has 0 saturated heterocycles. The van der Waals surface area contributed by atoms with Gasteiger partial charge in [-0.15, -0.1) is 11.3 Å². The van der Waals surface area contributed by atoms with Crippen molar-refractivity contribution in [3.63, 3.8) is 0 Å². The minimum Gasteiger partial charge on any atom is -0.310 e. The summed E-state index contributed by atoms with van der Waals surface area (Å²) in [5, 5.41) is 5.27. The number of anilines is 3. The van der Waals surface area contributed by atoms with Gasteiger partial charge < -0.3 is 4.90 Å². The lowest BCUT2D eigenvalue weighted by Crippen LogP contribution is -2.11. The second-order valence-electron chi connectivity index (χ2n) is 13.7. The molecule has 0 N–H and O–H groups in total. The summed E-state index contributed by atoms with van der Waals surface area (Å²) in [7, 11) is 0. The van der Waals surface area contributed by atoms with Crippen LogP contribution in [-0.4, -0.2) is 0 Å². The lowest BCUT2D eigenvalue weighted by Gasteiger charge is -2.28. The third-order valence-corrected chi connectivity index (χ3v) is 11.6. The Morgan fingerprint density at radius 2 is 0.741 bits per heavy atom. The van der Waals surface area contributed by atoms with Crippen LogP contribution >= 0.6 is 11.3 Å². The maximum atomic E-state index is 2.39. The third-order valence-electron chi connectivity index (χ3n) is 10.5. The van der Waals surface area contributed by atoms with Gasteiger partial charge in [0.25, 0.3) is 0 Å². The minimum atomic E-state index is 1.10. The molecule has 10 rings (SSSR count). The van der Waals surface area contributed by atoms with E-state index in [0.717, 1.165) is 17.1 Å². The zero-order valence-corrected chi connectivity index (χ0v) is 30.4. The molecule has 0 bridgehead atoms. The number of para-hydroxylation sites is 1. The molecule has 0 aliphatic rings. The highest BCUT2D eigenvalue weighted by atomic mass is 32.1. The van der Waals surface area contributed by atoms with Crippen molar-refractivity contribution in [1.82, 2.24) is 0 Å². The summed E-state index contributed by atoms with van der Waals surface area (Å²) in [5.74, 6) is 0. The number of benzene rings is 9. The van der Waals surface area contributed by atoms with E-state index in [4.69, 9.17) is 0 Å². The van der Waals surface area contributed by atoms with E-state index in [-0.39, 0.29) is 0 Å². The molecule has 0 aliphatic heterocycles. The Morgan fingerprint density at radius 3 is 1.39 bits per heavy atom. The summed E-state index contributed by atoms with van der Waals surface area (Å²) in [6, 6.07) is 77.0. The highest BCUT2D eigenvalue weighted by molar-refractivity contribution is 7.26. The van der Waals surface area contributed by atoms with Gasteiger partial charge in [-0.2, -0.15) is 0 Å². The molecule has 1 nitrogen and oxygen atoms in total. The van der Waals surface area contributed by atoms with E-state index in [1.165, 1.54) is 75.5 Å². The first-order valence-electron chi connectivity index (χ1n) is 18.4. The van der Waals surface area contributed by atoms with E-state index in [2.05, 4.69) is 217 Å². The molecule has 0 unspecified atom stereocenters. The summed E-state index contributed by atoms with van der Waals surface area (Å²) < 4.78 is 2.65. The second kappa shape index (κ2) is 13.7. The fourth-order valence-electron chi connectivity index (χ4n) is 7.86. The summed E-state index contributed by atoms with van der Waals surface area (Å²) in [6.07, 6.45) is 0. The van der Waals surface area contributed by atoms with Crippen molar-refractivity contribution in [3.05, 3.63) is 212 Å². The Hall–Kier alpha value is -6.74. The van der Waals surface area contributed by atoms with Gasteiger partial charge in [-0.05, 0) is 92.2 Å². The fraction of sp³-hybridized carbons (Fsp3) is 0. The number of rotatable bonds is 7. The summed E-state index contributed by atoms with van der Waals surface area (Å²) in [6.45, 7) is 0. The monoisotopic (exact) mass is 705 g/mol. The Kier molecular flexibility index (Phi) is 8.09. The predicted octanol–water partition coefficient (Wildman–Crippen LogP) is 15.3. The average Bonchev–Trinajstić information content (AvgIpc) is 3.64. The van der Waals surface area contributed by atoms with Crippen LogP contribution < -0.4 is 4.90 Å². The number of hydrogen-bond acceptors (Lipinski definition) is 2. The molecular weight excluding hydrogens is 671 g/mol. The van der Waals surface area contributed by atoms with Crippen LogP contribution in [0.3, 0.4) is 0 Å². The third kappa shape index (κ3) is 5.74. The molecular formula is C52H35NS. The van der Waals surface area contributed by atoms with E-state index in [0.29, 0.717) is 0 Å². The van der Waals surface area contributed by atoms with Crippen LogP contribution in [0.5, 0.6) is 0 Å². The standard InChI is InChI=1S/C52H35NS/c1-3-13-36(14-4-1)37-23-25-38(26-24-37)39-27-31-42(32-28-39)53(49-21-11-9-17-44(49)40-15-5-2-6-16-40)43-33-29-41(30-34-43)48-35-51-52(46-19-8-7-18-45(46)48)47-20-10-12-22-50(47)54-51/h1-35H. The van der Waals surface area contributed by atoms with Gasteiger partial charge in [0.2, 0.25) is 0 Å². The van der Waals surface area contributed by atoms with E-state index in [1.54, 1.807) is 0 Å². The summed E-state index contributed by atoms with van der Waals surface area (Å²) in [5.41, 5.74) is 13.0. The average molecular weight is 706 g/mol. The van der Waals surface area contributed by atoms with Gasteiger partial charge in [0, 0.05) is 37.1 Å². The molecule has 0 atom stereocenters. The Bertz CT molecular complexity index is 2890. The van der Waals surface area contributed by atoms with Crippen LogP contribution in [-0.2, 0) is 0 Å². The first-order valence-corrected chi connectivity index (χ1v) is 19.2. The topological polar surface area (TPSA) is 3.24 Å². The van der Waals surface area contributed by atoms with Gasteiger partial charge in [0.1, 0.15) is 0 Å². The molecule has 0 aliphatic carbocycles. The Morgan fingerprint density at radius 1 is 0.296 bits per heavy atom. The quantitative estimate of drug-likeness (QED) is 0.160. The largest absolute Gasteiger partial charge is 0.310 e. The normalized spacial score (nSPS) is 11.3. The van der Waals surface area contributed by atoms with Crippen LogP contribution in [0.2, 0.25) is 0 Å². The zero-order valence-electron chi connectivity index (χ0n) is 29.6. The maximum Gasteiger partial charge on any atom is 0.0540 e.